The Balaban J connectivity index is 1.98. The van der Waals surface area contributed by atoms with Crippen LogP contribution in [-0.2, 0) is 12.6 Å². The standard InChI is InChI=1S/C19H18F3NO3/c1-25-14-6-7-15(17(11-14)26-2)18(24)23-9-3-4-12-10-13(19(20,21)22)5-8-16(12)23/h5-8,10-11H,3-4,9H2,1-2H3. The van der Waals surface area contributed by atoms with Crippen molar-refractivity contribution in [1.29, 1.82) is 0 Å². The van der Waals surface area contributed by atoms with Crippen LogP contribution in [0.1, 0.15) is 27.9 Å². The Morgan fingerprint density at radius 1 is 1.08 bits per heavy atom. The number of ether oxygens (including phenoxy) is 2. The van der Waals surface area contributed by atoms with Crippen LogP contribution in [0.3, 0.4) is 0 Å². The number of benzene rings is 2. The lowest BCUT2D eigenvalue weighted by atomic mass is 9.98. The Bertz CT molecular complexity index is 833. The molecule has 0 spiro atoms. The van der Waals surface area contributed by atoms with Gasteiger partial charge in [-0.05, 0) is 48.7 Å². The van der Waals surface area contributed by atoms with Crippen LogP contribution in [-0.4, -0.2) is 26.7 Å². The number of alkyl halides is 3. The summed E-state index contributed by atoms with van der Waals surface area (Å²) in [4.78, 5) is 14.5. The second-order valence-corrected chi connectivity index (χ2v) is 5.97. The van der Waals surface area contributed by atoms with E-state index in [2.05, 4.69) is 0 Å². The van der Waals surface area contributed by atoms with Crippen LogP contribution in [0.15, 0.2) is 36.4 Å². The van der Waals surface area contributed by atoms with E-state index in [0.29, 0.717) is 47.7 Å². The predicted octanol–water partition coefficient (Wildman–Crippen LogP) is 4.32. The smallest absolute Gasteiger partial charge is 0.416 e. The normalized spacial score (nSPS) is 14.0. The molecule has 0 saturated carbocycles. The van der Waals surface area contributed by atoms with Crippen LogP contribution in [0, 0.1) is 0 Å². The molecule has 4 nitrogen and oxygen atoms in total. The molecule has 1 aliphatic heterocycles. The molecule has 1 heterocycles. The van der Waals surface area contributed by atoms with Gasteiger partial charge in [0, 0.05) is 18.3 Å². The molecule has 1 amide bonds. The van der Waals surface area contributed by atoms with Crippen molar-refractivity contribution in [2.45, 2.75) is 19.0 Å². The lowest BCUT2D eigenvalue weighted by Crippen LogP contribution is -2.35. The number of carbonyl (C=O) groups is 1. The first-order chi connectivity index (χ1) is 12.3. The minimum atomic E-state index is -4.40. The van der Waals surface area contributed by atoms with Crippen LogP contribution in [0.5, 0.6) is 11.5 Å². The molecule has 26 heavy (non-hydrogen) atoms. The summed E-state index contributed by atoms with van der Waals surface area (Å²) < 4.78 is 49.2. The van der Waals surface area contributed by atoms with Gasteiger partial charge in [-0.25, -0.2) is 0 Å². The molecule has 0 aliphatic carbocycles. The van der Waals surface area contributed by atoms with E-state index in [4.69, 9.17) is 9.47 Å². The number of anilines is 1. The highest BCUT2D eigenvalue weighted by Gasteiger charge is 2.33. The van der Waals surface area contributed by atoms with Crippen molar-refractivity contribution in [3.05, 3.63) is 53.1 Å². The summed E-state index contributed by atoms with van der Waals surface area (Å²) in [6.07, 6.45) is -3.30. The fourth-order valence-electron chi connectivity index (χ4n) is 3.11. The third-order valence-corrected chi connectivity index (χ3v) is 4.41. The van der Waals surface area contributed by atoms with Gasteiger partial charge in [0.25, 0.3) is 5.91 Å². The molecule has 1 aliphatic rings. The number of fused-ring (bicyclic) bond motifs is 1. The monoisotopic (exact) mass is 365 g/mol. The van der Waals surface area contributed by atoms with E-state index < -0.39 is 11.7 Å². The number of amides is 1. The molecular formula is C19H18F3NO3. The van der Waals surface area contributed by atoms with E-state index in [1.54, 1.807) is 18.2 Å². The number of halogens is 3. The van der Waals surface area contributed by atoms with Gasteiger partial charge in [0.05, 0.1) is 25.3 Å². The topological polar surface area (TPSA) is 38.8 Å². The summed E-state index contributed by atoms with van der Waals surface area (Å²) in [5.41, 5.74) is 0.660. The summed E-state index contributed by atoms with van der Waals surface area (Å²) in [6.45, 7) is 0.437. The minimum Gasteiger partial charge on any atom is -0.497 e. The van der Waals surface area contributed by atoms with Gasteiger partial charge < -0.3 is 14.4 Å². The maximum Gasteiger partial charge on any atom is 0.416 e. The van der Waals surface area contributed by atoms with E-state index in [-0.39, 0.29) is 5.91 Å². The zero-order valence-electron chi connectivity index (χ0n) is 14.4. The third kappa shape index (κ3) is 3.34. The van der Waals surface area contributed by atoms with E-state index in [0.717, 1.165) is 12.1 Å². The average molecular weight is 365 g/mol. The summed E-state index contributed by atoms with van der Waals surface area (Å²) in [7, 11) is 2.96. The molecule has 2 aromatic rings. The van der Waals surface area contributed by atoms with Crippen molar-refractivity contribution in [2.24, 2.45) is 0 Å². The number of rotatable bonds is 3. The number of aryl methyl sites for hydroxylation is 1. The molecule has 0 N–H and O–H groups in total. The van der Waals surface area contributed by atoms with Gasteiger partial charge in [0.1, 0.15) is 11.5 Å². The Morgan fingerprint density at radius 2 is 1.85 bits per heavy atom. The summed E-state index contributed by atoms with van der Waals surface area (Å²) >= 11 is 0. The first-order valence-corrected chi connectivity index (χ1v) is 8.09. The zero-order valence-corrected chi connectivity index (χ0v) is 14.4. The second kappa shape index (κ2) is 6.90. The van der Waals surface area contributed by atoms with Crippen LogP contribution in [0.2, 0.25) is 0 Å². The fourth-order valence-corrected chi connectivity index (χ4v) is 3.11. The van der Waals surface area contributed by atoms with Gasteiger partial charge in [-0.3, -0.25) is 4.79 Å². The molecule has 0 fully saturated rings. The summed E-state index contributed by atoms with van der Waals surface area (Å²) in [5, 5.41) is 0. The highest BCUT2D eigenvalue weighted by atomic mass is 19.4. The van der Waals surface area contributed by atoms with Crippen LogP contribution in [0.25, 0.3) is 0 Å². The van der Waals surface area contributed by atoms with Crippen molar-refractivity contribution < 1.29 is 27.4 Å². The Morgan fingerprint density at radius 3 is 2.50 bits per heavy atom. The maximum atomic E-state index is 13.0. The second-order valence-electron chi connectivity index (χ2n) is 5.97. The average Bonchev–Trinajstić information content (AvgIpc) is 2.65. The first-order valence-electron chi connectivity index (χ1n) is 8.09. The lowest BCUT2D eigenvalue weighted by Gasteiger charge is -2.30. The van der Waals surface area contributed by atoms with E-state index >= 15 is 0 Å². The van der Waals surface area contributed by atoms with Crippen molar-refractivity contribution in [3.63, 3.8) is 0 Å². The van der Waals surface area contributed by atoms with Crippen molar-refractivity contribution in [3.8, 4) is 11.5 Å². The van der Waals surface area contributed by atoms with Gasteiger partial charge >= 0.3 is 6.18 Å². The van der Waals surface area contributed by atoms with Crippen molar-refractivity contribution in [2.75, 3.05) is 25.7 Å². The Labute approximate surface area is 149 Å². The molecule has 2 aromatic carbocycles. The highest BCUT2D eigenvalue weighted by molar-refractivity contribution is 6.08. The highest BCUT2D eigenvalue weighted by Crippen LogP contribution is 2.36. The molecular weight excluding hydrogens is 347 g/mol. The summed E-state index contributed by atoms with van der Waals surface area (Å²) in [6, 6.07) is 8.34. The number of methoxy groups -OCH3 is 2. The fraction of sp³-hybridized carbons (Fsp3) is 0.316. The zero-order chi connectivity index (χ0) is 18.9. The van der Waals surface area contributed by atoms with Crippen LogP contribution in [0.4, 0.5) is 18.9 Å². The van der Waals surface area contributed by atoms with Gasteiger partial charge in [-0.1, -0.05) is 0 Å². The Hall–Kier alpha value is -2.70. The molecule has 3 rings (SSSR count). The van der Waals surface area contributed by atoms with E-state index in [9.17, 15) is 18.0 Å². The number of nitrogens with zero attached hydrogens (tertiary/aromatic N) is 1. The molecule has 7 heteroatoms. The first kappa shape index (κ1) is 18.1. The SMILES string of the molecule is COc1ccc(C(=O)N2CCCc3cc(C(F)(F)F)ccc32)c(OC)c1. The molecule has 0 bridgehead atoms. The number of hydrogen-bond donors (Lipinski definition) is 0. The van der Waals surface area contributed by atoms with Gasteiger partial charge in [0.2, 0.25) is 0 Å². The molecule has 0 saturated heterocycles. The molecule has 0 unspecified atom stereocenters. The van der Waals surface area contributed by atoms with E-state index in [1.165, 1.54) is 25.2 Å². The Kier molecular flexibility index (Phi) is 4.80. The quantitative estimate of drug-likeness (QED) is 0.813. The van der Waals surface area contributed by atoms with E-state index in [1.807, 2.05) is 0 Å². The van der Waals surface area contributed by atoms with Crippen molar-refractivity contribution >= 4 is 11.6 Å². The van der Waals surface area contributed by atoms with Crippen LogP contribution < -0.4 is 14.4 Å². The summed E-state index contributed by atoms with van der Waals surface area (Å²) in [5.74, 6) is 0.589. The van der Waals surface area contributed by atoms with Gasteiger partial charge in [0.15, 0.2) is 0 Å². The number of hydrogen-bond acceptors (Lipinski definition) is 3. The molecule has 0 atom stereocenters. The van der Waals surface area contributed by atoms with Gasteiger partial charge in [-0.15, -0.1) is 0 Å². The predicted molar refractivity (Wildman–Crippen MR) is 91.0 cm³/mol. The molecule has 0 aromatic heterocycles. The van der Waals surface area contributed by atoms with Gasteiger partial charge in [-0.2, -0.15) is 13.2 Å². The maximum absolute atomic E-state index is 13.0. The van der Waals surface area contributed by atoms with Crippen LogP contribution >= 0.6 is 0 Å². The molecule has 0 radical (unpaired) electrons. The molecule has 138 valence electrons. The minimum absolute atomic E-state index is 0.315. The van der Waals surface area contributed by atoms with Crippen molar-refractivity contribution in [1.82, 2.24) is 0 Å². The largest absolute Gasteiger partial charge is 0.497 e. The third-order valence-electron chi connectivity index (χ3n) is 4.41. The lowest BCUT2D eigenvalue weighted by molar-refractivity contribution is -0.137. The number of carbonyl (C=O) groups excluding carboxylic acids is 1.